The molecule has 51 heavy (non-hydrogen) atoms. The zero-order chi connectivity index (χ0) is 35.9. The van der Waals surface area contributed by atoms with E-state index in [1.165, 1.54) is 6.42 Å². The van der Waals surface area contributed by atoms with Crippen LogP contribution < -0.4 is 9.47 Å². The Morgan fingerprint density at radius 2 is 0.882 bits per heavy atom. The number of phenolic OH excluding ortho intramolecular Hbond substituents is 5. The minimum atomic E-state index is 0.150. The number of aromatic hydroxyl groups is 5. The Morgan fingerprint density at radius 3 is 1.33 bits per heavy atom. The van der Waals surface area contributed by atoms with Gasteiger partial charge >= 0.3 is 0 Å². The van der Waals surface area contributed by atoms with E-state index in [4.69, 9.17) is 9.47 Å². The van der Waals surface area contributed by atoms with Gasteiger partial charge in [0.2, 0.25) is 0 Å². The van der Waals surface area contributed by atoms with Crippen LogP contribution in [0.2, 0.25) is 0 Å². The molecular weight excluding hydrogens is 640 g/mol. The molecule has 0 radical (unpaired) electrons. The fourth-order valence-corrected chi connectivity index (χ4v) is 7.34. The van der Waals surface area contributed by atoms with Gasteiger partial charge in [-0.25, -0.2) is 0 Å². The van der Waals surface area contributed by atoms with Gasteiger partial charge < -0.3 is 35.0 Å². The molecule has 0 atom stereocenters. The van der Waals surface area contributed by atoms with Gasteiger partial charge in [-0.3, -0.25) is 0 Å². The molecular formula is C44H48O7. The first kappa shape index (κ1) is 35.5. The minimum absolute atomic E-state index is 0.150. The van der Waals surface area contributed by atoms with Crippen molar-refractivity contribution in [3.8, 4) is 40.2 Å². The summed E-state index contributed by atoms with van der Waals surface area (Å²) >= 11 is 0. The second-order valence-corrected chi connectivity index (χ2v) is 13.6. The Morgan fingerprint density at radius 1 is 0.471 bits per heavy atom. The van der Waals surface area contributed by atoms with Gasteiger partial charge in [0.25, 0.3) is 0 Å². The highest BCUT2D eigenvalue weighted by Crippen LogP contribution is 2.42. The van der Waals surface area contributed by atoms with Crippen LogP contribution in [-0.4, -0.2) is 38.7 Å². The molecule has 7 heteroatoms. The summed E-state index contributed by atoms with van der Waals surface area (Å²) in [6.45, 7) is 4.80. The number of benzene rings is 5. The summed E-state index contributed by atoms with van der Waals surface area (Å²) < 4.78 is 11.9. The van der Waals surface area contributed by atoms with Crippen molar-refractivity contribution in [2.45, 2.75) is 77.6 Å². The quantitative estimate of drug-likeness (QED) is 0.0836. The summed E-state index contributed by atoms with van der Waals surface area (Å²) in [5.74, 6) is 2.51. The Bertz CT molecular complexity index is 1940. The molecule has 6 rings (SSSR count). The Labute approximate surface area is 300 Å². The summed E-state index contributed by atoms with van der Waals surface area (Å²) in [5.41, 5.74) is 7.25. The second-order valence-electron chi connectivity index (χ2n) is 13.6. The lowest BCUT2D eigenvalue weighted by Gasteiger charge is -2.25. The highest BCUT2D eigenvalue weighted by Gasteiger charge is 2.24. The van der Waals surface area contributed by atoms with E-state index in [9.17, 15) is 25.5 Å². The number of hydrogen-bond acceptors (Lipinski definition) is 7. The van der Waals surface area contributed by atoms with E-state index < -0.39 is 0 Å². The SMILES string of the molecule is CCOc1cc(Cc2ccc(O)cc2)c(O)c(Cc2cc(Cc3cc(OCC)cc(Cc4ccc(O)cc4)c3O)c(O)c(C3CCCCC3)c2)c1. The van der Waals surface area contributed by atoms with Crippen molar-refractivity contribution < 1.29 is 35.0 Å². The summed E-state index contributed by atoms with van der Waals surface area (Å²) in [6.07, 6.45) is 7.02. The van der Waals surface area contributed by atoms with Gasteiger partial charge in [0, 0.05) is 47.9 Å². The van der Waals surface area contributed by atoms with Crippen molar-refractivity contribution >= 4 is 0 Å². The number of ether oxygens (including phenoxy) is 2. The molecule has 1 aliphatic carbocycles. The lowest BCUT2D eigenvalue weighted by Crippen LogP contribution is -2.08. The first-order chi connectivity index (χ1) is 24.7. The maximum atomic E-state index is 11.9. The van der Waals surface area contributed by atoms with Crippen molar-refractivity contribution in [3.05, 3.63) is 135 Å². The minimum Gasteiger partial charge on any atom is -0.508 e. The van der Waals surface area contributed by atoms with Crippen LogP contribution in [0.5, 0.6) is 40.2 Å². The second kappa shape index (κ2) is 16.2. The fraction of sp³-hybridized carbons (Fsp3) is 0.318. The predicted octanol–water partition coefficient (Wildman–Crippen LogP) is 9.42. The third kappa shape index (κ3) is 8.72. The van der Waals surface area contributed by atoms with Gasteiger partial charge in [-0.15, -0.1) is 0 Å². The van der Waals surface area contributed by atoms with E-state index in [0.29, 0.717) is 60.7 Å². The first-order valence-corrected chi connectivity index (χ1v) is 18.1. The van der Waals surface area contributed by atoms with Crippen LogP contribution in [0.25, 0.3) is 0 Å². The Kier molecular flexibility index (Phi) is 11.2. The summed E-state index contributed by atoms with van der Waals surface area (Å²) in [7, 11) is 0. The van der Waals surface area contributed by atoms with Crippen molar-refractivity contribution in [1.82, 2.24) is 0 Å². The topological polar surface area (TPSA) is 120 Å². The monoisotopic (exact) mass is 688 g/mol. The van der Waals surface area contributed by atoms with Crippen LogP contribution in [0.4, 0.5) is 0 Å². The molecule has 0 bridgehead atoms. The van der Waals surface area contributed by atoms with E-state index in [-0.39, 0.29) is 41.1 Å². The molecule has 7 nitrogen and oxygen atoms in total. The van der Waals surface area contributed by atoms with E-state index in [0.717, 1.165) is 59.1 Å². The van der Waals surface area contributed by atoms with Gasteiger partial charge in [0.15, 0.2) is 0 Å². The van der Waals surface area contributed by atoms with Crippen LogP contribution in [0.1, 0.15) is 102 Å². The normalized spacial score (nSPS) is 13.3. The van der Waals surface area contributed by atoms with Crippen molar-refractivity contribution in [1.29, 1.82) is 0 Å². The molecule has 0 heterocycles. The molecule has 266 valence electrons. The maximum absolute atomic E-state index is 11.9. The van der Waals surface area contributed by atoms with Gasteiger partial charge in [-0.2, -0.15) is 0 Å². The number of phenols is 5. The average Bonchev–Trinajstić information content (AvgIpc) is 3.12. The van der Waals surface area contributed by atoms with Crippen molar-refractivity contribution in [2.24, 2.45) is 0 Å². The largest absolute Gasteiger partial charge is 0.508 e. The zero-order valence-electron chi connectivity index (χ0n) is 29.5. The Balaban J connectivity index is 1.39. The fourth-order valence-electron chi connectivity index (χ4n) is 7.34. The molecule has 0 aromatic heterocycles. The molecule has 1 saturated carbocycles. The van der Waals surface area contributed by atoms with Gasteiger partial charge in [-0.1, -0.05) is 55.7 Å². The van der Waals surface area contributed by atoms with Crippen LogP contribution in [-0.2, 0) is 25.7 Å². The number of hydrogen-bond donors (Lipinski definition) is 5. The Hall–Kier alpha value is -5.30. The highest BCUT2D eigenvalue weighted by atomic mass is 16.5. The maximum Gasteiger partial charge on any atom is 0.122 e. The van der Waals surface area contributed by atoms with Crippen LogP contribution >= 0.6 is 0 Å². The standard InChI is InChI=1S/C44H48O7/c1-3-50-39-24-33(18-28-10-14-37(45)15-11-28)42(47)35(26-39)21-30-20-32(44(49)41(22-30)31-8-6-5-7-9-31)23-36-27-40(51-4-2)25-34(43(36)48)19-29-12-16-38(46)17-13-29/h10-17,20,22,24-27,31,45-49H,3-9,18-19,21,23H2,1-2H3. The van der Waals surface area contributed by atoms with Crippen LogP contribution in [0, 0.1) is 0 Å². The molecule has 1 fully saturated rings. The lowest BCUT2D eigenvalue weighted by molar-refractivity contribution is 0.338. The third-order valence-electron chi connectivity index (χ3n) is 9.87. The molecule has 0 amide bonds. The summed E-state index contributed by atoms with van der Waals surface area (Å²) in [5, 5.41) is 54.6. The summed E-state index contributed by atoms with van der Waals surface area (Å²) in [6, 6.07) is 25.4. The van der Waals surface area contributed by atoms with E-state index in [2.05, 4.69) is 6.07 Å². The van der Waals surface area contributed by atoms with Crippen LogP contribution in [0.15, 0.2) is 84.9 Å². The number of rotatable bonds is 13. The van der Waals surface area contributed by atoms with E-state index >= 15 is 0 Å². The van der Waals surface area contributed by atoms with Crippen molar-refractivity contribution in [3.63, 3.8) is 0 Å². The smallest absolute Gasteiger partial charge is 0.122 e. The van der Waals surface area contributed by atoms with Gasteiger partial charge in [-0.05, 0) is 109 Å². The predicted molar refractivity (Wildman–Crippen MR) is 200 cm³/mol. The molecule has 0 unspecified atom stereocenters. The van der Waals surface area contributed by atoms with E-state index in [1.807, 2.05) is 68.4 Å². The average molecular weight is 689 g/mol. The van der Waals surface area contributed by atoms with E-state index in [1.54, 1.807) is 24.3 Å². The third-order valence-corrected chi connectivity index (χ3v) is 9.87. The van der Waals surface area contributed by atoms with Crippen molar-refractivity contribution in [2.75, 3.05) is 13.2 Å². The summed E-state index contributed by atoms with van der Waals surface area (Å²) in [4.78, 5) is 0. The molecule has 1 aliphatic rings. The lowest BCUT2D eigenvalue weighted by atomic mass is 9.81. The molecule has 0 spiro atoms. The molecule has 0 aliphatic heterocycles. The molecule has 0 saturated heterocycles. The zero-order valence-corrected chi connectivity index (χ0v) is 29.5. The van der Waals surface area contributed by atoms with Gasteiger partial charge in [0.1, 0.15) is 40.2 Å². The molecule has 5 aromatic carbocycles. The van der Waals surface area contributed by atoms with Crippen LogP contribution in [0.3, 0.4) is 0 Å². The highest BCUT2D eigenvalue weighted by molar-refractivity contribution is 5.56. The van der Waals surface area contributed by atoms with Gasteiger partial charge in [0.05, 0.1) is 13.2 Å². The first-order valence-electron chi connectivity index (χ1n) is 18.1. The molecule has 5 aromatic rings. The molecule has 5 N–H and O–H groups in total.